The minimum absolute atomic E-state index is 0.105. The number of halogens is 1. The van der Waals surface area contributed by atoms with E-state index in [1.54, 1.807) is 0 Å². The Morgan fingerprint density at radius 3 is 2.71 bits per heavy atom. The van der Waals surface area contributed by atoms with Gasteiger partial charge in [-0.1, -0.05) is 45.4 Å². The van der Waals surface area contributed by atoms with E-state index in [1.165, 1.54) is 0 Å². The number of hydrogen-bond acceptors (Lipinski definition) is 4. The quantitative estimate of drug-likeness (QED) is 0.673. The van der Waals surface area contributed by atoms with Gasteiger partial charge in [-0.3, -0.25) is 4.79 Å². The highest BCUT2D eigenvalue weighted by Gasteiger charge is 2.13. The Hall–Kier alpha value is -2.14. The lowest BCUT2D eigenvalue weighted by atomic mass is 10.2. The highest BCUT2D eigenvalue weighted by molar-refractivity contribution is 9.10. The maximum atomic E-state index is 11.9. The van der Waals surface area contributed by atoms with Crippen molar-refractivity contribution in [2.75, 3.05) is 0 Å². The number of ether oxygens (including phenoxy) is 1. The van der Waals surface area contributed by atoms with Gasteiger partial charge in [-0.15, -0.1) is 0 Å². The minimum atomic E-state index is -0.322. The van der Waals surface area contributed by atoms with E-state index in [-0.39, 0.29) is 19.0 Å². The van der Waals surface area contributed by atoms with E-state index in [0.717, 1.165) is 15.4 Å². The Morgan fingerprint density at radius 2 is 1.90 bits per heavy atom. The molecule has 0 unspecified atom stereocenters. The number of fused-ring (bicyclic) bond motifs is 1. The molecular weight excluding hydrogens is 334 g/mol. The monoisotopic (exact) mass is 345 g/mol. The van der Waals surface area contributed by atoms with Gasteiger partial charge >= 0.3 is 5.97 Å². The molecule has 0 fully saturated rings. The van der Waals surface area contributed by atoms with Crippen LogP contribution in [0.1, 0.15) is 11.3 Å². The van der Waals surface area contributed by atoms with Crippen molar-refractivity contribution >= 4 is 32.9 Å². The summed E-state index contributed by atoms with van der Waals surface area (Å²) in [6.45, 7) is 0.252. The topological polar surface area (TPSA) is 52.3 Å². The highest BCUT2D eigenvalue weighted by Crippen LogP contribution is 2.18. The lowest BCUT2D eigenvalue weighted by Gasteiger charge is -2.04. The zero-order valence-corrected chi connectivity index (χ0v) is 12.7. The minimum Gasteiger partial charge on any atom is -0.461 e. The summed E-state index contributed by atoms with van der Waals surface area (Å²) in [6.07, 6.45) is 0.105. The molecular formula is C16H12BrNO3. The fraction of sp³-hybridized carbons (Fsp3) is 0.125. The zero-order valence-electron chi connectivity index (χ0n) is 11.1. The first kappa shape index (κ1) is 13.8. The molecule has 3 aromatic rings. The summed E-state index contributed by atoms with van der Waals surface area (Å²) in [7, 11) is 0. The number of para-hydroxylation sites is 1. The number of esters is 1. The molecule has 0 N–H and O–H groups in total. The van der Waals surface area contributed by atoms with Gasteiger partial charge in [-0.25, -0.2) is 0 Å². The Balaban J connectivity index is 1.62. The summed E-state index contributed by atoms with van der Waals surface area (Å²) in [6, 6.07) is 15.1. The largest absolute Gasteiger partial charge is 0.461 e. The van der Waals surface area contributed by atoms with Crippen molar-refractivity contribution in [3.8, 4) is 0 Å². The summed E-state index contributed by atoms with van der Waals surface area (Å²) in [5.41, 5.74) is 2.22. The molecule has 3 rings (SSSR count). The second-order valence-corrected chi connectivity index (χ2v) is 5.51. The van der Waals surface area contributed by atoms with Gasteiger partial charge in [0, 0.05) is 9.86 Å². The van der Waals surface area contributed by atoms with E-state index in [9.17, 15) is 4.79 Å². The number of carbonyl (C=O) groups is 1. The smallest absolute Gasteiger partial charge is 0.312 e. The van der Waals surface area contributed by atoms with Gasteiger partial charge in [-0.05, 0) is 29.8 Å². The van der Waals surface area contributed by atoms with Crippen molar-refractivity contribution in [1.29, 1.82) is 0 Å². The number of nitrogens with zero attached hydrogens (tertiary/aromatic N) is 1. The molecule has 5 heteroatoms. The van der Waals surface area contributed by atoms with Crippen LogP contribution in [-0.2, 0) is 22.6 Å². The molecule has 0 aliphatic rings. The molecule has 0 atom stereocenters. The predicted molar refractivity (Wildman–Crippen MR) is 81.7 cm³/mol. The molecule has 0 amide bonds. The maximum Gasteiger partial charge on any atom is 0.312 e. The highest BCUT2D eigenvalue weighted by atomic mass is 79.9. The lowest BCUT2D eigenvalue weighted by molar-refractivity contribution is -0.144. The first-order valence-electron chi connectivity index (χ1n) is 6.46. The van der Waals surface area contributed by atoms with Gasteiger partial charge in [0.2, 0.25) is 0 Å². The molecule has 0 aliphatic carbocycles. The van der Waals surface area contributed by atoms with Crippen LogP contribution < -0.4 is 0 Å². The molecule has 1 heterocycles. The number of benzene rings is 2. The molecule has 21 heavy (non-hydrogen) atoms. The van der Waals surface area contributed by atoms with Crippen LogP contribution in [0.5, 0.6) is 0 Å². The molecule has 106 valence electrons. The first-order valence-corrected chi connectivity index (χ1v) is 7.25. The molecule has 0 spiro atoms. The third-order valence-corrected chi connectivity index (χ3v) is 3.61. The average molecular weight is 346 g/mol. The van der Waals surface area contributed by atoms with E-state index >= 15 is 0 Å². The van der Waals surface area contributed by atoms with Crippen LogP contribution in [0.4, 0.5) is 0 Å². The van der Waals surface area contributed by atoms with Crippen molar-refractivity contribution in [2.45, 2.75) is 13.0 Å². The van der Waals surface area contributed by atoms with E-state index in [2.05, 4.69) is 21.1 Å². The second-order valence-electron chi connectivity index (χ2n) is 4.59. The number of hydrogen-bond donors (Lipinski definition) is 0. The van der Waals surface area contributed by atoms with Crippen molar-refractivity contribution in [3.05, 3.63) is 64.3 Å². The average Bonchev–Trinajstić information content (AvgIpc) is 2.90. The first-order chi connectivity index (χ1) is 10.2. The molecule has 0 saturated heterocycles. The summed E-state index contributed by atoms with van der Waals surface area (Å²) in [4.78, 5) is 11.9. The molecule has 0 saturated carbocycles. The molecule has 4 nitrogen and oxygen atoms in total. The number of carbonyl (C=O) groups excluding carboxylic acids is 1. The fourth-order valence-electron chi connectivity index (χ4n) is 2.00. The van der Waals surface area contributed by atoms with Crippen LogP contribution in [0.25, 0.3) is 11.0 Å². The molecule has 0 aliphatic heterocycles. The van der Waals surface area contributed by atoms with E-state index in [4.69, 9.17) is 9.26 Å². The van der Waals surface area contributed by atoms with E-state index < -0.39 is 0 Å². The van der Waals surface area contributed by atoms with Crippen LogP contribution in [0.15, 0.2) is 57.5 Å². The van der Waals surface area contributed by atoms with Gasteiger partial charge in [-0.2, -0.15) is 0 Å². The van der Waals surface area contributed by atoms with Gasteiger partial charge in [0.15, 0.2) is 5.58 Å². The van der Waals surface area contributed by atoms with Crippen LogP contribution in [0.2, 0.25) is 0 Å². The Bertz CT molecular complexity index is 765. The second kappa shape index (κ2) is 6.10. The summed E-state index contributed by atoms with van der Waals surface area (Å²) in [5.74, 6) is -0.322. The van der Waals surface area contributed by atoms with Crippen molar-refractivity contribution in [3.63, 3.8) is 0 Å². The third kappa shape index (κ3) is 3.31. The molecule has 2 aromatic carbocycles. The number of rotatable bonds is 4. The summed E-state index contributed by atoms with van der Waals surface area (Å²) < 4.78 is 11.4. The van der Waals surface area contributed by atoms with Gasteiger partial charge in [0.05, 0.1) is 6.42 Å². The Labute approximate surface area is 129 Å². The van der Waals surface area contributed by atoms with Crippen molar-refractivity contribution < 1.29 is 14.1 Å². The molecule has 0 radical (unpaired) electrons. The third-order valence-electron chi connectivity index (χ3n) is 3.08. The van der Waals surface area contributed by atoms with Gasteiger partial charge < -0.3 is 9.26 Å². The number of aromatic nitrogens is 1. The fourth-order valence-corrected chi connectivity index (χ4v) is 2.26. The van der Waals surface area contributed by atoms with Crippen LogP contribution in [0, 0.1) is 0 Å². The summed E-state index contributed by atoms with van der Waals surface area (Å²) >= 11 is 3.36. The SMILES string of the molecule is O=C(Cc1noc2ccccc12)OCc1ccc(Br)cc1. The Kier molecular flexibility index (Phi) is 4.01. The van der Waals surface area contributed by atoms with Gasteiger partial charge in [0.25, 0.3) is 0 Å². The normalized spacial score (nSPS) is 10.7. The van der Waals surface area contributed by atoms with Crippen LogP contribution in [-0.4, -0.2) is 11.1 Å². The maximum absolute atomic E-state index is 11.9. The van der Waals surface area contributed by atoms with Crippen molar-refractivity contribution in [1.82, 2.24) is 5.16 Å². The van der Waals surface area contributed by atoms with E-state index in [0.29, 0.717) is 11.3 Å². The summed E-state index contributed by atoms with van der Waals surface area (Å²) in [5, 5.41) is 4.77. The van der Waals surface area contributed by atoms with Crippen LogP contribution in [0.3, 0.4) is 0 Å². The standard InChI is InChI=1S/C16H12BrNO3/c17-12-7-5-11(6-8-12)10-20-16(19)9-14-13-3-1-2-4-15(13)21-18-14/h1-8H,9-10H2. The van der Waals surface area contributed by atoms with E-state index in [1.807, 2.05) is 48.5 Å². The van der Waals surface area contributed by atoms with Crippen LogP contribution >= 0.6 is 15.9 Å². The lowest BCUT2D eigenvalue weighted by Crippen LogP contribution is -2.08. The zero-order chi connectivity index (χ0) is 14.7. The molecule has 1 aromatic heterocycles. The predicted octanol–water partition coefficient (Wildman–Crippen LogP) is 3.88. The van der Waals surface area contributed by atoms with Gasteiger partial charge in [0.1, 0.15) is 12.3 Å². The Morgan fingerprint density at radius 1 is 1.14 bits per heavy atom. The molecule has 0 bridgehead atoms. The van der Waals surface area contributed by atoms with Crippen molar-refractivity contribution in [2.24, 2.45) is 0 Å².